The van der Waals surface area contributed by atoms with Gasteiger partial charge < -0.3 is 32.6 Å². The highest BCUT2D eigenvalue weighted by Gasteiger charge is 2.78. The van der Waals surface area contributed by atoms with E-state index in [2.05, 4.69) is 41.5 Å². The molecule has 10 nitrogen and oxygen atoms in total. The summed E-state index contributed by atoms with van der Waals surface area (Å²) in [4.78, 5) is 45.1. The number of esters is 2. The Balaban J connectivity index is 1.99. The van der Waals surface area contributed by atoms with Crippen LogP contribution in [0.25, 0.3) is 0 Å². The number of ketones is 1. The predicted octanol–water partition coefficient (Wildman–Crippen LogP) is 9.00. The second-order valence-electron chi connectivity index (χ2n) is 18.7. The molecule has 0 unspecified atom stereocenters. The first-order chi connectivity index (χ1) is 28.6. The minimum atomic E-state index is -2.67. The zero-order chi connectivity index (χ0) is 46.9. The summed E-state index contributed by atoms with van der Waals surface area (Å²) in [6.07, 6.45) is -5.36. The van der Waals surface area contributed by atoms with Crippen LogP contribution in [0.3, 0.4) is 0 Å². The molecule has 1 aliphatic heterocycles. The fourth-order valence-electron chi connectivity index (χ4n) is 10.7. The van der Waals surface area contributed by atoms with Gasteiger partial charge in [-0.1, -0.05) is 73.5 Å². The standard InChI is InChI=1S/C44H72O10Si3/c1-15-56(16-2,17-3)53-33-26-34-43(28-49-34,51-30(8)45)37-39(50-40(47)31-24-22-21-23-25-31)44(48)27-32(52-55(12,13)14)29(7)35(41(44,9)10)36(38(46)42(33,37)11)54-57(18-4,19-5)20-6/h21-25,32-34,36-37,39,48H,15-20,26-28H2,1-14H3/t32-,33-,34+,36+,37-,39-,42+,43-,44+/m0/s1/i21D,22D,23D,24D,25D. The normalized spacial score (nSPS) is 35.2. The Morgan fingerprint density at radius 3 is 1.91 bits per heavy atom. The van der Waals surface area contributed by atoms with E-state index in [-0.39, 0.29) is 25.2 Å². The second kappa shape index (κ2) is 16.5. The van der Waals surface area contributed by atoms with Gasteiger partial charge in [-0.15, -0.1) is 0 Å². The van der Waals surface area contributed by atoms with Crippen molar-refractivity contribution >= 4 is 42.7 Å². The van der Waals surface area contributed by atoms with Crippen LogP contribution in [0.15, 0.2) is 41.4 Å². The highest BCUT2D eigenvalue weighted by Crippen LogP contribution is 2.65. The fraction of sp³-hybridized carbons (Fsp3) is 0.750. The van der Waals surface area contributed by atoms with Crippen molar-refractivity contribution in [3.05, 3.63) is 46.9 Å². The smallest absolute Gasteiger partial charge is 0.338 e. The molecule has 0 spiro atoms. The number of hydrogen-bond donors (Lipinski definition) is 1. The van der Waals surface area contributed by atoms with E-state index in [0.717, 1.165) is 41.8 Å². The van der Waals surface area contributed by atoms with E-state index in [4.69, 9.17) is 34.3 Å². The molecule has 0 amide bonds. The van der Waals surface area contributed by atoms with Gasteiger partial charge in [0.2, 0.25) is 0 Å². The topological polar surface area (TPSA) is 127 Å². The Bertz CT molecular complexity index is 1920. The van der Waals surface area contributed by atoms with Gasteiger partial charge in [-0.3, -0.25) is 9.59 Å². The molecule has 2 bridgehead atoms. The van der Waals surface area contributed by atoms with Gasteiger partial charge in [-0.05, 0) is 93.0 Å². The van der Waals surface area contributed by atoms with Crippen LogP contribution in [-0.4, -0.2) is 96.1 Å². The Labute approximate surface area is 352 Å². The first-order valence-corrected chi connectivity index (χ1v) is 29.7. The summed E-state index contributed by atoms with van der Waals surface area (Å²) in [5.74, 6) is -3.65. The van der Waals surface area contributed by atoms with Crippen molar-refractivity contribution in [2.24, 2.45) is 16.7 Å². The summed E-state index contributed by atoms with van der Waals surface area (Å²) >= 11 is 0. The third-order valence-corrected chi connectivity index (χ3v) is 24.9. The van der Waals surface area contributed by atoms with Crippen LogP contribution in [-0.2, 0) is 37.1 Å². The van der Waals surface area contributed by atoms with Crippen molar-refractivity contribution < 1.29 is 53.8 Å². The zero-order valence-electron chi connectivity index (χ0n) is 41.9. The van der Waals surface area contributed by atoms with Crippen LogP contribution in [0.4, 0.5) is 0 Å². The number of carbonyl (C=O) groups is 3. The molecule has 320 valence electrons. The molecule has 1 aromatic rings. The van der Waals surface area contributed by atoms with Gasteiger partial charge in [-0.25, -0.2) is 4.79 Å². The highest BCUT2D eigenvalue weighted by molar-refractivity contribution is 6.74. The molecule has 0 aromatic heterocycles. The molecule has 13 heteroatoms. The number of benzene rings is 1. The van der Waals surface area contributed by atoms with Crippen molar-refractivity contribution in [3.8, 4) is 0 Å². The van der Waals surface area contributed by atoms with Crippen LogP contribution < -0.4 is 0 Å². The van der Waals surface area contributed by atoms with Crippen LogP contribution in [0.1, 0.15) is 106 Å². The van der Waals surface area contributed by atoms with E-state index in [0.29, 0.717) is 5.57 Å². The zero-order valence-corrected chi connectivity index (χ0v) is 39.9. The first kappa shape index (κ1) is 39.2. The summed E-state index contributed by atoms with van der Waals surface area (Å²) in [7, 11) is -7.67. The molecular formula is C44H72O10Si3. The molecule has 1 aromatic carbocycles. The van der Waals surface area contributed by atoms with Gasteiger partial charge in [0.15, 0.2) is 36.3 Å². The number of fused-ring (bicyclic) bond motifs is 5. The number of carbonyl (C=O) groups excluding carboxylic acids is 3. The van der Waals surface area contributed by atoms with Crippen LogP contribution in [0.5, 0.6) is 0 Å². The van der Waals surface area contributed by atoms with E-state index < -0.39 is 131 Å². The molecule has 1 heterocycles. The molecular weight excluding hydrogens is 773 g/mol. The maximum absolute atomic E-state index is 16.7. The SMILES string of the molecule is [2H]c1c([2H])c([2H])c(C(=O)O[C@H]2[C@@H]3[C@]4(OC(C)=O)CO[C@@H]4C[C@H](O[Si](CC)(CC)CC)[C@@]3(C)C(=O)[C@H](O[Si](CC)(CC)CC)C3=C(C)[C@@H](O[Si](C)(C)C)C[C@]2(O)C3(C)C)c([2H])c1[2H]. The van der Waals surface area contributed by atoms with Crippen molar-refractivity contribution in [3.63, 3.8) is 0 Å². The third kappa shape index (κ3) is 7.67. The first-order valence-electron chi connectivity index (χ1n) is 23.7. The van der Waals surface area contributed by atoms with Gasteiger partial charge in [0.25, 0.3) is 0 Å². The van der Waals surface area contributed by atoms with Crippen molar-refractivity contribution in [1.82, 2.24) is 0 Å². The average Bonchev–Trinajstić information content (AvgIpc) is 3.20. The summed E-state index contributed by atoms with van der Waals surface area (Å²) in [5.41, 5.74) is -6.30. The van der Waals surface area contributed by atoms with Crippen molar-refractivity contribution in [2.45, 2.75) is 187 Å². The number of aliphatic hydroxyl groups is 1. The highest BCUT2D eigenvalue weighted by atomic mass is 28.4. The average molecular weight is 850 g/mol. The van der Waals surface area contributed by atoms with Crippen molar-refractivity contribution in [1.29, 1.82) is 0 Å². The van der Waals surface area contributed by atoms with E-state index in [9.17, 15) is 14.7 Å². The van der Waals surface area contributed by atoms with Crippen LogP contribution in [0.2, 0.25) is 55.9 Å². The van der Waals surface area contributed by atoms with Gasteiger partial charge in [0.1, 0.15) is 23.9 Å². The number of Topliss-reactive ketones (excluding diaryl/α,β-unsaturated/α-hetero) is 1. The second-order valence-corrected chi connectivity index (χ2v) is 32.6. The van der Waals surface area contributed by atoms with Gasteiger partial charge in [0, 0.05) is 25.2 Å². The van der Waals surface area contributed by atoms with Crippen LogP contribution in [0, 0.1) is 16.7 Å². The molecule has 0 radical (unpaired) electrons. The molecule has 1 N–H and O–H groups in total. The Kier molecular flexibility index (Phi) is 11.3. The lowest BCUT2D eigenvalue weighted by Crippen LogP contribution is -2.82. The molecule has 3 fully saturated rings. The molecule has 3 aliphatic carbocycles. The molecule has 2 saturated carbocycles. The largest absolute Gasteiger partial charge is 0.455 e. The summed E-state index contributed by atoms with van der Waals surface area (Å²) < 4.78 is 83.8. The predicted molar refractivity (Wildman–Crippen MR) is 230 cm³/mol. The van der Waals surface area contributed by atoms with Gasteiger partial charge in [0.05, 0.1) is 42.6 Å². The van der Waals surface area contributed by atoms with Crippen molar-refractivity contribution in [2.75, 3.05) is 6.61 Å². The minimum Gasteiger partial charge on any atom is -0.455 e. The lowest BCUT2D eigenvalue weighted by atomic mass is 9.44. The molecule has 9 atom stereocenters. The molecule has 5 rings (SSSR count). The summed E-state index contributed by atoms with van der Waals surface area (Å²) in [5, 5.41) is 14.2. The molecule has 57 heavy (non-hydrogen) atoms. The number of hydrogen-bond acceptors (Lipinski definition) is 10. The Hall–Kier alpha value is -1.98. The van der Waals surface area contributed by atoms with E-state index in [1.165, 1.54) is 6.92 Å². The lowest BCUT2D eigenvalue weighted by molar-refractivity contribution is -0.344. The van der Waals surface area contributed by atoms with Gasteiger partial charge in [-0.2, -0.15) is 0 Å². The summed E-state index contributed by atoms with van der Waals surface area (Å²) in [6, 6.07) is 0.684. The third-order valence-electron chi connectivity index (χ3n) is 14.7. The van der Waals surface area contributed by atoms with Gasteiger partial charge >= 0.3 is 11.9 Å². The minimum absolute atomic E-state index is 0.117. The molecule has 4 aliphatic rings. The number of ether oxygens (including phenoxy) is 3. The Morgan fingerprint density at radius 1 is 0.895 bits per heavy atom. The maximum Gasteiger partial charge on any atom is 0.338 e. The maximum atomic E-state index is 16.7. The fourth-order valence-corrected chi connectivity index (χ4v) is 17.5. The number of rotatable bonds is 15. The van der Waals surface area contributed by atoms with E-state index in [1.54, 1.807) is 6.92 Å². The Morgan fingerprint density at radius 2 is 1.44 bits per heavy atom. The van der Waals surface area contributed by atoms with Crippen LogP contribution >= 0.6 is 0 Å². The monoisotopic (exact) mass is 849 g/mol. The van der Waals surface area contributed by atoms with E-state index in [1.807, 2.05) is 40.4 Å². The summed E-state index contributed by atoms with van der Waals surface area (Å²) in [6.45, 7) is 27.1. The van der Waals surface area contributed by atoms with E-state index >= 15 is 4.79 Å². The lowest BCUT2D eigenvalue weighted by Gasteiger charge is -2.68. The quantitative estimate of drug-likeness (QED) is 0.104. The molecule has 1 saturated heterocycles.